The van der Waals surface area contributed by atoms with Crippen molar-refractivity contribution in [3.8, 4) is 17.2 Å². The number of piperazine rings is 1. The zero-order chi connectivity index (χ0) is 30.2. The Morgan fingerprint density at radius 2 is 1.63 bits per heavy atom. The normalized spacial score (nSPS) is 16.0. The summed E-state index contributed by atoms with van der Waals surface area (Å²) in [6, 6.07) is 17.9. The molecule has 10 nitrogen and oxygen atoms in total. The fraction of sp³-hybridized carbons (Fsp3) is 0.424. The second kappa shape index (κ2) is 14.3. The lowest BCUT2D eigenvalue weighted by Gasteiger charge is -2.39. The van der Waals surface area contributed by atoms with Crippen molar-refractivity contribution in [2.45, 2.75) is 25.9 Å². The number of carbonyl (C=O) groups is 2. The Labute approximate surface area is 252 Å². The number of nitrogens with zero attached hydrogens (tertiary/aromatic N) is 4. The first-order valence-electron chi connectivity index (χ1n) is 14.8. The average molecular weight is 589 g/mol. The lowest BCUT2D eigenvalue weighted by molar-refractivity contribution is -0.138. The van der Waals surface area contributed by atoms with Gasteiger partial charge in [0.25, 0.3) is 5.91 Å². The van der Waals surface area contributed by atoms with E-state index in [0.717, 1.165) is 50.3 Å². The van der Waals surface area contributed by atoms with Crippen molar-refractivity contribution in [3.05, 3.63) is 83.2 Å². The molecular weight excluding hydrogens is 548 g/mol. The van der Waals surface area contributed by atoms with Crippen molar-refractivity contribution in [2.75, 3.05) is 66.1 Å². The third-order valence-corrected chi connectivity index (χ3v) is 8.10. The van der Waals surface area contributed by atoms with E-state index < -0.39 is 5.97 Å². The zero-order valence-electron chi connectivity index (χ0n) is 24.9. The van der Waals surface area contributed by atoms with E-state index in [1.54, 1.807) is 30.3 Å². The number of hydrogen-bond donors (Lipinski definition) is 1. The molecule has 0 radical (unpaired) electrons. The van der Waals surface area contributed by atoms with Gasteiger partial charge in [0.05, 0.1) is 13.7 Å². The van der Waals surface area contributed by atoms with Crippen LogP contribution in [-0.4, -0.2) is 103 Å². The molecule has 5 rings (SSSR count). The van der Waals surface area contributed by atoms with Gasteiger partial charge in [-0.1, -0.05) is 37.3 Å². The fourth-order valence-corrected chi connectivity index (χ4v) is 5.38. The number of aliphatic carboxylic acids is 1. The number of ether oxygens (including phenoxy) is 3. The predicted octanol–water partition coefficient (Wildman–Crippen LogP) is 3.55. The molecule has 10 heteroatoms. The number of methoxy groups -OCH3 is 1. The van der Waals surface area contributed by atoms with Gasteiger partial charge in [0.15, 0.2) is 11.5 Å². The van der Waals surface area contributed by atoms with E-state index in [4.69, 9.17) is 19.3 Å². The molecule has 3 aromatic rings. The number of carbonyl (C=O) groups excluding carboxylic acids is 1. The highest BCUT2D eigenvalue weighted by Crippen LogP contribution is 2.35. The van der Waals surface area contributed by atoms with E-state index in [9.17, 15) is 9.59 Å². The summed E-state index contributed by atoms with van der Waals surface area (Å²) in [7, 11) is 1.64. The molecule has 0 saturated carbocycles. The summed E-state index contributed by atoms with van der Waals surface area (Å²) in [5.41, 5.74) is 3.88. The van der Waals surface area contributed by atoms with Gasteiger partial charge in [-0.2, -0.15) is 0 Å². The standard InChI is InChI=1S/C33H40N4O6/c1-3-24-4-6-25(7-5-24)23-43-30-9-8-26(18-31(30)41-2)27-20-37(21-27)33(40)29-19-28(10-11-34-29)42-17-16-35-12-14-36(15-13-35)22-32(38)39/h4-11,18-19,27H,3,12-17,20-23H2,1-2H3,(H,38,39). The molecule has 0 aliphatic carbocycles. The highest BCUT2D eigenvalue weighted by Gasteiger charge is 2.33. The van der Waals surface area contributed by atoms with Crippen LogP contribution >= 0.6 is 0 Å². The number of carboxylic acid groups (broad SMARTS) is 1. The average Bonchev–Trinajstić information content (AvgIpc) is 3.00. The molecule has 2 aliphatic heterocycles. The maximum Gasteiger partial charge on any atom is 0.317 e. The lowest BCUT2D eigenvalue weighted by atomic mass is 9.91. The Balaban J connectivity index is 1.08. The van der Waals surface area contributed by atoms with Crippen LogP contribution in [0.1, 0.15) is 40.0 Å². The van der Waals surface area contributed by atoms with E-state index in [1.807, 2.05) is 23.1 Å². The Bertz CT molecular complexity index is 1380. The molecule has 2 aromatic carbocycles. The van der Waals surface area contributed by atoms with Gasteiger partial charge in [-0.25, -0.2) is 0 Å². The summed E-state index contributed by atoms with van der Waals surface area (Å²) in [6.45, 7) is 8.19. The number of rotatable bonds is 13. The molecule has 1 N–H and O–H groups in total. The summed E-state index contributed by atoms with van der Waals surface area (Å²) in [5, 5.41) is 8.95. The molecule has 1 amide bonds. The van der Waals surface area contributed by atoms with Crippen molar-refractivity contribution < 1.29 is 28.9 Å². The first-order valence-corrected chi connectivity index (χ1v) is 14.8. The maximum absolute atomic E-state index is 13.1. The van der Waals surface area contributed by atoms with Crippen LogP contribution in [0.3, 0.4) is 0 Å². The van der Waals surface area contributed by atoms with Crippen molar-refractivity contribution in [1.29, 1.82) is 0 Å². The van der Waals surface area contributed by atoms with E-state index in [0.29, 0.717) is 49.2 Å². The minimum atomic E-state index is -0.793. The Kier molecular flexibility index (Phi) is 10.1. The van der Waals surface area contributed by atoms with E-state index in [1.165, 1.54) is 5.56 Å². The maximum atomic E-state index is 13.1. The molecule has 2 fully saturated rings. The third-order valence-electron chi connectivity index (χ3n) is 8.10. The van der Waals surface area contributed by atoms with Gasteiger partial charge < -0.3 is 24.2 Å². The van der Waals surface area contributed by atoms with Gasteiger partial charge in [0.1, 0.15) is 24.7 Å². The number of likely N-dealkylation sites (tertiary alicyclic amines) is 1. The topological polar surface area (TPSA) is 105 Å². The van der Waals surface area contributed by atoms with Gasteiger partial charge >= 0.3 is 5.97 Å². The molecule has 2 saturated heterocycles. The van der Waals surface area contributed by atoms with E-state index in [2.05, 4.69) is 41.1 Å². The summed E-state index contributed by atoms with van der Waals surface area (Å²) >= 11 is 0. The van der Waals surface area contributed by atoms with Crippen LogP contribution in [0.4, 0.5) is 0 Å². The predicted molar refractivity (Wildman–Crippen MR) is 162 cm³/mol. The summed E-state index contributed by atoms with van der Waals surface area (Å²) in [4.78, 5) is 34.3. The molecule has 228 valence electrons. The number of pyridine rings is 1. The molecular formula is C33H40N4O6. The number of aromatic nitrogens is 1. The second-order valence-electron chi connectivity index (χ2n) is 11.0. The minimum Gasteiger partial charge on any atom is -0.493 e. The molecule has 0 bridgehead atoms. The highest BCUT2D eigenvalue weighted by molar-refractivity contribution is 5.93. The van der Waals surface area contributed by atoms with Crippen LogP contribution in [0.2, 0.25) is 0 Å². The molecule has 2 aliphatic rings. The van der Waals surface area contributed by atoms with E-state index in [-0.39, 0.29) is 18.4 Å². The van der Waals surface area contributed by atoms with Crippen molar-refractivity contribution in [1.82, 2.24) is 19.7 Å². The molecule has 1 aromatic heterocycles. The van der Waals surface area contributed by atoms with Crippen LogP contribution in [0.5, 0.6) is 17.2 Å². The molecule has 0 spiro atoms. The minimum absolute atomic E-state index is 0.0837. The Morgan fingerprint density at radius 1 is 0.907 bits per heavy atom. The number of amides is 1. The fourth-order valence-electron chi connectivity index (χ4n) is 5.38. The first kappa shape index (κ1) is 30.3. The Morgan fingerprint density at radius 3 is 2.33 bits per heavy atom. The quantitative estimate of drug-likeness (QED) is 0.321. The van der Waals surface area contributed by atoms with Crippen LogP contribution in [0.15, 0.2) is 60.8 Å². The van der Waals surface area contributed by atoms with Crippen molar-refractivity contribution >= 4 is 11.9 Å². The van der Waals surface area contributed by atoms with Gasteiger partial charge in [-0.15, -0.1) is 0 Å². The monoisotopic (exact) mass is 588 g/mol. The van der Waals surface area contributed by atoms with E-state index >= 15 is 0 Å². The summed E-state index contributed by atoms with van der Waals surface area (Å²) < 4.78 is 17.6. The third kappa shape index (κ3) is 8.03. The SMILES string of the molecule is CCc1ccc(COc2ccc(C3CN(C(=O)c4cc(OCCN5CCN(CC(=O)O)CC5)ccn4)C3)cc2OC)cc1. The van der Waals surface area contributed by atoms with Crippen molar-refractivity contribution in [3.63, 3.8) is 0 Å². The number of aryl methyl sites for hydroxylation is 1. The Hall–Kier alpha value is -4.15. The van der Waals surface area contributed by atoms with Crippen LogP contribution in [-0.2, 0) is 17.8 Å². The van der Waals surface area contributed by atoms with Crippen LogP contribution in [0, 0.1) is 0 Å². The summed E-state index contributed by atoms with van der Waals surface area (Å²) in [5.74, 6) is 1.29. The molecule has 3 heterocycles. The van der Waals surface area contributed by atoms with Gasteiger partial charge in [-0.05, 0) is 41.3 Å². The van der Waals surface area contributed by atoms with Gasteiger partial charge in [0.2, 0.25) is 0 Å². The molecule has 43 heavy (non-hydrogen) atoms. The highest BCUT2D eigenvalue weighted by atomic mass is 16.5. The number of benzene rings is 2. The molecule has 0 atom stereocenters. The summed E-state index contributed by atoms with van der Waals surface area (Å²) in [6.07, 6.45) is 2.61. The first-order chi connectivity index (χ1) is 20.9. The van der Waals surface area contributed by atoms with Crippen LogP contribution < -0.4 is 14.2 Å². The second-order valence-corrected chi connectivity index (χ2v) is 11.0. The van der Waals surface area contributed by atoms with Gasteiger partial charge in [0, 0.05) is 64.0 Å². The van der Waals surface area contributed by atoms with Crippen LogP contribution in [0.25, 0.3) is 0 Å². The lowest BCUT2D eigenvalue weighted by Crippen LogP contribution is -2.48. The molecule has 0 unspecified atom stereocenters. The smallest absolute Gasteiger partial charge is 0.317 e. The van der Waals surface area contributed by atoms with Gasteiger partial charge in [-0.3, -0.25) is 24.4 Å². The largest absolute Gasteiger partial charge is 0.493 e. The zero-order valence-corrected chi connectivity index (χ0v) is 24.9. The number of carboxylic acids is 1. The number of hydrogen-bond acceptors (Lipinski definition) is 8. The van der Waals surface area contributed by atoms with Crippen molar-refractivity contribution in [2.24, 2.45) is 0 Å².